The number of nitrogens with two attached hydrogens (primary N) is 1. The predicted molar refractivity (Wildman–Crippen MR) is 156 cm³/mol. The van der Waals surface area contributed by atoms with E-state index in [-0.39, 0.29) is 18.2 Å². The number of benzene rings is 3. The third-order valence-corrected chi connectivity index (χ3v) is 6.77. The molecule has 208 valence electrons. The third kappa shape index (κ3) is 8.07. The zero-order valence-corrected chi connectivity index (χ0v) is 23.3. The number of carbonyl (C=O) groups is 2. The molecule has 4 N–H and O–H groups in total. The van der Waals surface area contributed by atoms with Crippen molar-refractivity contribution in [3.8, 4) is 22.5 Å². The summed E-state index contributed by atoms with van der Waals surface area (Å²) in [5, 5.41) is 17.4. The molecule has 0 saturated heterocycles. The van der Waals surface area contributed by atoms with Gasteiger partial charge in [0.25, 0.3) is 0 Å². The van der Waals surface area contributed by atoms with Gasteiger partial charge in [-0.2, -0.15) is 5.21 Å². The van der Waals surface area contributed by atoms with Gasteiger partial charge < -0.3 is 16.0 Å². The average Bonchev–Trinajstić information content (AvgIpc) is 3.49. The number of rotatable bonds is 12. The van der Waals surface area contributed by atoms with Gasteiger partial charge in [0.1, 0.15) is 6.04 Å². The van der Waals surface area contributed by atoms with E-state index in [1.807, 2.05) is 92.7 Å². The first-order valence-electron chi connectivity index (χ1n) is 13.5. The Kier molecular flexibility index (Phi) is 9.39. The highest BCUT2D eigenvalue weighted by atomic mass is 16.2. The maximum absolute atomic E-state index is 13.5. The number of aryl methyl sites for hydroxylation is 1. The van der Waals surface area contributed by atoms with Gasteiger partial charge in [-0.15, -0.1) is 10.2 Å². The minimum atomic E-state index is -0.625. The average molecular weight is 540 g/mol. The zero-order valence-electron chi connectivity index (χ0n) is 23.3. The smallest absolute Gasteiger partial charge is 0.245 e. The molecule has 1 atom stereocenters. The number of aromatic amines is 1. The number of nitrogens with one attached hydrogen (secondary N) is 2. The van der Waals surface area contributed by atoms with Crippen LogP contribution in [0.4, 0.5) is 0 Å². The lowest BCUT2D eigenvalue weighted by atomic mass is 9.98. The van der Waals surface area contributed by atoms with E-state index in [4.69, 9.17) is 5.73 Å². The van der Waals surface area contributed by atoms with Crippen LogP contribution in [0.15, 0.2) is 78.9 Å². The highest BCUT2D eigenvalue weighted by Crippen LogP contribution is 2.29. The molecule has 0 aliphatic heterocycles. The fraction of sp³-hybridized carbons (Fsp3) is 0.323. The highest BCUT2D eigenvalue weighted by Gasteiger charge is 2.25. The van der Waals surface area contributed by atoms with E-state index in [2.05, 4.69) is 25.9 Å². The minimum Gasteiger partial charge on any atom is -0.344 e. The monoisotopic (exact) mass is 539 g/mol. The maximum Gasteiger partial charge on any atom is 0.245 e. The van der Waals surface area contributed by atoms with Crippen LogP contribution in [-0.2, 0) is 22.6 Å². The molecular weight excluding hydrogens is 502 g/mol. The van der Waals surface area contributed by atoms with Gasteiger partial charge in [-0.25, -0.2) is 0 Å². The molecule has 0 aliphatic rings. The van der Waals surface area contributed by atoms with Gasteiger partial charge >= 0.3 is 0 Å². The van der Waals surface area contributed by atoms with Gasteiger partial charge in [-0.1, -0.05) is 78.9 Å². The highest BCUT2D eigenvalue weighted by molar-refractivity contribution is 5.87. The first-order chi connectivity index (χ1) is 19.2. The first kappa shape index (κ1) is 28.6. The minimum absolute atomic E-state index is 0.122. The standard InChI is InChI=1S/C31H37N7O2/c1-31(2,32)20-19-28(39)33-27(18-15-22-9-5-4-6-10-22)30(40)38(3)21-23-13-16-24(17-14-23)25-11-7-8-12-26(25)29-34-36-37-35-29/h4-14,16-17,27H,15,18-21,32H2,1-3H3,(H,33,39)(H,34,35,36,37)/t27-/m1/s1. The molecule has 4 rings (SSSR count). The maximum atomic E-state index is 13.5. The molecule has 4 aromatic rings. The van der Waals surface area contributed by atoms with Crippen LogP contribution in [0.2, 0.25) is 0 Å². The summed E-state index contributed by atoms with van der Waals surface area (Å²) in [5.41, 5.74) is 10.6. The van der Waals surface area contributed by atoms with Crippen LogP contribution in [-0.4, -0.2) is 56.0 Å². The number of likely N-dealkylation sites (N-methyl/N-ethyl adjacent to an activating group) is 1. The van der Waals surface area contributed by atoms with Gasteiger partial charge in [-0.3, -0.25) is 9.59 Å². The number of amides is 2. The van der Waals surface area contributed by atoms with E-state index in [1.54, 1.807) is 11.9 Å². The Bertz CT molecular complexity index is 1380. The lowest BCUT2D eigenvalue weighted by Gasteiger charge is -2.26. The second kappa shape index (κ2) is 13.1. The van der Waals surface area contributed by atoms with Crippen LogP contribution in [0.5, 0.6) is 0 Å². The van der Waals surface area contributed by atoms with Crippen LogP contribution in [0.3, 0.4) is 0 Å². The Hall–Kier alpha value is -4.37. The first-order valence-corrected chi connectivity index (χ1v) is 13.5. The molecule has 9 heteroatoms. The molecule has 0 saturated carbocycles. The van der Waals surface area contributed by atoms with Crippen molar-refractivity contribution in [3.05, 3.63) is 90.0 Å². The number of hydrogen-bond donors (Lipinski definition) is 3. The van der Waals surface area contributed by atoms with E-state index in [9.17, 15) is 9.59 Å². The molecule has 1 aromatic heterocycles. The lowest BCUT2D eigenvalue weighted by molar-refractivity contribution is -0.136. The molecule has 0 spiro atoms. The number of tetrazole rings is 1. The molecule has 0 bridgehead atoms. The van der Waals surface area contributed by atoms with Gasteiger partial charge in [0.2, 0.25) is 17.6 Å². The van der Waals surface area contributed by atoms with Crippen molar-refractivity contribution >= 4 is 11.8 Å². The van der Waals surface area contributed by atoms with Crippen molar-refractivity contribution in [2.75, 3.05) is 7.05 Å². The van der Waals surface area contributed by atoms with E-state index < -0.39 is 11.6 Å². The SMILES string of the molecule is CN(Cc1ccc(-c2ccccc2-c2nn[nH]n2)cc1)C(=O)[C@@H](CCc1ccccc1)NC(=O)CCC(C)(C)N. The fourth-order valence-electron chi connectivity index (χ4n) is 4.53. The molecular formula is C31H37N7O2. The molecule has 0 unspecified atom stereocenters. The molecule has 0 fully saturated rings. The van der Waals surface area contributed by atoms with Gasteiger partial charge in [-0.05, 0) is 60.6 Å². The van der Waals surface area contributed by atoms with E-state index in [0.717, 1.165) is 27.8 Å². The van der Waals surface area contributed by atoms with Gasteiger partial charge in [0.15, 0.2) is 0 Å². The second-order valence-corrected chi connectivity index (χ2v) is 10.8. The third-order valence-electron chi connectivity index (χ3n) is 6.77. The summed E-state index contributed by atoms with van der Waals surface area (Å²) in [6.45, 7) is 4.20. The summed E-state index contributed by atoms with van der Waals surface area (Å²) in [7, 11) is 1.77. The van der Waals surface area contributed by atoms with Crippen molar-refractivity contribution in [1.29, 1.82) is 0 Å². The van der Waals surface area contributed by atoms with Crippen LogP contribution < -0.4 is 11.1 Å². The zero-order chi connectivity index (χ0) is 28.5. The van der Waals surface area contributed by atoms with Crippen LogP contribution in [0.25, 0.3) is 22.5 Å². The predicted octanol–water partition coefficient (Wildman–Crippen LogP) is 4.13. The molecule has 40 heavy (non-hydrogen) atoms. The molecule has 2 amide bonds. The molecule has 9 nitrogen and oxygen atoms in total. The van der Waals surface area contributed by atoms with E-state index in [0.29, 0.717) is 31.6 Å². The fourth-order valence-corrected chi connectivity index (χ4v) is 4.53. The summed E-state index contributed by atoms with van der Waals surface area (Å²) < 4.78 is 0. The molecule has 0 aliphatic carbocycles. The van der Waals surface area contributed by atoms with Crippen LogP contribution in [0, 0.1) is 0 Å². The van der Waals surface area contributed by atoms with Gasteiger partial charge in [0, 0.05) is 31.1 Å². The van der Waals surface area contributed by atoms with Crippen molar-refractivity contribution in [2.24, 2.45) is 5.73 Å². The van der Waals surface area contributed by atoms with Crippen molar-refractivity contribution < 1.29 is 9.59 Å². The Morgan fingerprint density at radius 2 is 1.62 bits per heavy atom. The number of H-pyrrole nitrogens is 1. The molecule has 0 radical (unpaired) electrons. The summed E-state index contributed by atoms with van der Waals surface area (Å²) in [4.78, 5) is 27.9. The summed E-state index contributed by atoms with van der Waals surface area (Å²) in [5.74, 6) is 0.245. The van der Waals surface area contributed by atoms with E-state index in [1.165, 1.54) is 0 Å². The number of nitrogens with zero attached hydrogens (tertiary/aromatic N) is 4. The quantitative estimate of drug-likeness (QED) is 0.248. The number of aromatic nitrogens is 4. The van der Waals surface area contributed by atoms with Crippen molar-refractivity contribution in [2.45, 2.75) is 57.7 Å². The van der Waals surface area contributed by atoms with Crippen molar-refractivity contribution in [1.82, 2.24) is 30.8 Å². The largest absolute Gasteiger partial charge is 0.344 e. The number of hydrogen-bond acceptors (Lipinski definition) is 6. The Balaban J connectivity index is 1.44. The summed E-state index contributed by atoms with van der Waals surface area (Å²) in [6.07, 6.45) is 2.00. The Morgan fingerprint density at radius 3 is 2.27 bits per heavy atom. The molecule has 1 heterocycles. The summed E-state index contributed by atoms with van der Waals surface area (Å²) >= 11 is 0. The van der Waals surface area contributed by atoms with Crippen LogP contribution >= 0.6 is 0 Å². The normalized spacial score (nSPS) is 12.1. The van der Waals surface area contributed by atoms with Gasteiger partial charge in [0.05, 0.1) is 0 Å². The van der Waals surface area contributed by atoms with Crippen molar-refractivity contribution in [3.63, 3.8) is 0 Å². The number of carbonyl (C=O) groups excluding carboxylic acids is 2. The molecule has 3 aromatic carbocycles. The Labute approximate surface area is 235 Å². The topological polar surface area (TPSA) is 130 Å². The lowest BCUT2D eigenvalue weighted by Crippen LogP contribution is -2.47. The van der Waals surface area contributed by atoms with E-state index >= 15 is 0 Å². The summed E-state index contributed by atoms with van der Waals surface area (Å²) in [6, 6.07) is 25.3. The van der Waals surface area contributed by atoms with Crippen LogP contribution in [0.1, 0.15) is 44.2 Å². The Morgan fingerprint density at radius 1 is 0.950 bits per heavy atom. The second-order valence-electron chi connectivity index (χ2n) is 10.8.